The molecule has 9 heteroatoms. The van der Waals surface area contributed by atoms with Crippen molar-refractivity contribution in [2.24, 2.45) is 10.9 Å². The molecule has 1 aliphatic carbocycles. The summed E-state index contributed by atoms with van der Waals surface area (Å²) in [6, 6.07) is 4.75. The Morgan fingerprint density at radius 1 is 1.24 bits per heavy atom. The maximum absolute atomic E-state index is 13.2. The lowest BCUT2D eigenvalue weighted by Gasteiger charge is -2.40. The van der Waals surface area contributed by atoms with Gasteiger partial charge in [-0.3, -0.25) is 25.0 Å². The zero-order valence-corrected chi connectivity index (χ0v) is 21.2. The van der Waals surface area contributed by atoms with E-state index in [0.29, 0.717) is 22.7 Å². The van der Waals surface area contributed by atoms with Gasteiger partial charge in [0.25, 0.3) is 5.91 Å². The van der Waals surface area contributed by atoms with Gasteiger partial charge in [-0.15, -0.1) is 0 Å². The monoisotopic (exact) mass is 486 g/mol. The zero-order valence-electron chi connectivity index (χ0n) is 20.4. The van der Waals surface area contributed by atoms with Gasteiger partial charge < -0.3 is 15.1 Å². The van der Waals surface area contributed by atoms with Crippen LogP contribution in [0.3, 0.4) is 0 Å². The molecule has 1 saturated heterocycles. The van der Waals surface area contributed by atoms with Crippen molar-refractivity contribution < 1.29 is 9.59 Å². The topological polar surface area (TPSA) is 80.3 Å². The molecule has 0 radical (unpaired) electrons. The van der Waals surface area contributed by atoms with Crippen molar-refractivity contribution in [2.45, 2.75) is 57.8 Å². The van der Waals surface area contributed by atoms with E-state index in [4.69, 9.17) is 11.6 Å². The number of hydrazine groups is 1. The highest BCUT2D eigenvalue weighted by Crippen LogP contribution is 2.34. The molecule has 0 bridgehead atoms. The van der Waals surface area contributed by atoms with Gasteiger partial charge in [-0.1, -0.05) is 11.6 Å². The Morgan fingerprint density at radius 3 is 2.62 bits per heavy atom. The van der Waals surface area contributed by atoms with Crippen LogP contribution in [0, 0.1) is 12.8 Å². The molecular weight excluding hydrogens is 452 g/mol. The molecule has 0 spiro atoms. The third kappa shape index (κ3) is 4.93. The molecule has 184 valence electrons. The summed E-state index contributed by atoms with van der Waals surface area (Å²) >= 11 is 6.50. The number of carbonyl (C=O) groups is 2. The second-order valence-corrected chi connectivity index (χ2v) is 10.00. The van der Waals surface area contributed by atoms with Crippen molar-refractivity contribution in [3.63, 3.8) is 0 Å². The summed E-state index contributed by atoms with van der Waals surface area (Å²) in [5, 5.41) is 5.16. The second kappa shape index (κ2) is 10.4. The minimum absolute atomic E-state index is 0.150. The maximum Gasteiger partial charge on any atom is 0.251 e. The predicted molar refractivity (Wildman–Crippen MR) is 136 cm³/mol. The molecule has 1 saturated carbocycles. The molecule has 34 heavy (non-hydrogen) atoms. The first-order chi connectivity index (χ1) is 16.3. The number of hydrogen-bond donors (Lipinski definition) is 2. The van der Waals surface area contributed by atoms with Crippen LogP contribution in [0.5, 0.6) is 0 Å². The van der Waals surface area contributed by atoms with Gasteiger partial charge in [-0.25, -0.2) is 0 Å². The van der Waals surface area contributed by atoms with Crippen LogP contribution in [0.1, 0.15) is 48.5 Å². The largest absolute Gasteiger partial charge is 0.369 e. The molecule has 4 rings (SSSR count). The van der Waals surface area contributed by atoms with E-state index in [1.807, 2.05) is 13.0 Å². The molecule has 3 aliphatic rings. The highest BCUT2D eigenvalue weighted by molar-refractivity contribution is 6.31. The maximum atomic E-state index is 13.2. The molecule has 2 amide bonds. The molecule has 0 aromatic heterocycles. The number of nitrogens with one attached hydrogen (secondary N) is 2. The van der Waals surface area contributed by atoms with E-state index in [0.717, 1.165) is 30.6 Å². The Morgan fingerprint density at radius 2 is 1.94 bits per heavy atom. The molecule has 2 N–H and O–H groups in total. The third-order valence-corrected chi connectivity index (χ3v) is 7.57. The fourth-order valence-electron chi connectivity index (χ4n) is 5.38. The predicted octanol–water partition coefficient (Wildman–Crippen LogP) is 2.96. The van der Waals surface area contributed by atoms with Crippen LogP contribution < -0.4 is 15.6 Å². The van der Waals surface area contributed by atoms with E-state index < -0.39 is 5.92 Å². The van der Waals surface area contributed by atoms with Crippen LogP contribution >= 0.6 is 11.6 Å². The van der Waals surface area contributed by atoms with Gasteiger partial charge >= 0.3 is 0 Å². The Kier molecular flexibility index (Phi) is 7.48. The van der Waals surface area contributed by atoms with Crippen molar-refractivity contribution in [1.82, 2.24) is 20.7 Å². The SMILES string of the molecule is CCN(c1cc(Cl)cc(C(=O)NCC2C(=O)NN3C=CC=NC23)c1C)C1CCC(N(C)C)CC1. The van der Waals surface area contributed by atoms with Crippen molar-refractivity contribution >= 4 is 35.3 Å². The summed E-state index contributed by atoms with van der Waals surface area (Å²) < 4.78 is 0. The second-order valence-electron chi connectivity index (χ2n) is 9.56. The molecule has 1 aromatic rings. The number of halogens is 1. The Balaban J connectivity index is 1.48. The Hall–Kier alpha value is -2.58. The smallest absolute Gasteiger partial charge is 0.251 e. The lowest BCUT2D eigenvalue weighted by Crippen LogP contribution is -2.42. The summed E-state index contributed by atoms with van der Waals surface area (Å²) in [6.45, 7) is 5.19. The molecule has 2 heterocycles. The number of aliphatic imine (C=N–C) groups is 1. The van der Waals surface area contributed by atoms with E-state index >= 15 is 0 Å². The standard InChI is InChI=1S/C25H35ClN6O2/c1-5-31(19-9-7-18(8-10-19)30(3)4)22-14-17(26)13-20(16(22)2)24(33)28-15-21-23-27-11-6-12-32(23)29-25(21)34/h6,11-14,18-19,21,23H,5,7-10,15H2,1-4H3,(H,28,33)(H,29,34). The van der Waals surface area contributed by atoms with Gasteiger partial charge in [-0.2, -0.15) is 0 Å². The van der Waals surface area contributed by atoms with Crippen molar-refractivity contribution in [3.05, 3.63) is 40.6 Å². The molecule has 2 aliphatic heterocycles. The summed E-state index contributed by atoms with van der Waals surface area (Å²) in [4.78, 5) is 34.7. The number of hydrogen-bond acceptors (Lipinski definition) is 6. The van der Waals surface area contributed by atoms with E-state index in [1.54, 1.807) is 29.6 Å². The fraction of sp³-hybridized carbons (Fsp3) is 0.560. The van der Waals surface area contributed by atoms with Crippen LogP contribution in [0.2, 0.25) is 5.02 Å². The Labute approximate surface area is 207 Å². The number of allylic oxidation sites excluding steroid dienone is 1. The number of carbonyl (C=O) groups excluding carboxylic acids is 2. The highest BCUT2D eigenvalue weighted by atomic mass is 35.5. The number of anilines is 1. The van der Waals surface area contributed by atoms with Gasteiger partial charge in [0, 0.05) is 53.9 Å². The zero-order chi connectivity index (χ0) is 24.4. The quantitative estimate of drug-likeness (QED) is 0.619. The number of benzene rings is 1. The van der Waals surface area contributed by atoms with Gasteiger partial charge in [0.2, 0.25) is 5.91 Å². The van der Waals surface area contributed by atoms with E-state index in [9.17, 15) is 9.59 Å². The van der Waals surface area contributed by atoms with Crippen molar-refractivity contribution in [3.8, 4) is 0 Å². The summed E-state index contributed by atoms with van der Waals surface area (Å²) in [5.74, 6) is -0.832. The minimum Gasteiger partial charge on any atom is -0.369 e. The van der Waals surface area contributed by atoms with Gasteiger partial charge in [0.1, 0.15) is 0 Å². The molecule has 1 aromatic carbocycles. The summed E-state index contributed by atoms with van der Waals surface area (Å²) in [5.41, 5.74) is 5.25. The van der Waals surface area contributed by atoms with Crippen molar-refractivity contribution in [1.29, 1.82) is 0 Å². The third-order valence-electron chi connectivity index (χ3n) is 7.35. The average Bonchev–Trinajstić information content (AvgIpc) is 3.15. The van der Waals surface area contributed by atoms with Crippen LogP contribution in [0.25, 0.3) is 0 Å². The highest BCUT2D eigenvalue weighted by Gasteiger charge is 2.40. The normalized spacial score (nSPS) is 25.9. The molecular formula is C25H35ClN6O2. The van der Waals surface area contributed by atoms with Crippen LogP contribution in [-0.2, 0) is 4.79 Å². The van der Waals surface area contributed by atoms with Crippen LogP contribution in [0.15, 0.2) is 29.4 Å². The number of rotatable bonds is 7. The number of amides is 2. The minimum atomic E-state index is -0.455. The fourth-order valence-corrected chi connectivity index (χ4v) is 5.59. The molecule has 2 unspecified atom stereocenters. The van der Waals surface area contributed by atoms with Gasteiger partial charge in [-0.05, 0) is 77.4 Å². The molecule has 2 fully saturated rings. The van der Waals surface area contributed by atoms with Gasteiger partial charge in [0.05, 0.1) is 5.92 Å². The molecule has 8 nitrogen and oxygen atoms in total. The first kappa shape index (κ1) is 24.5. The molecule has 2 atom stereocenters. The first-order valence-corrected chi connectivity index (χ1v) is 12.5. The Bertz CT molecular complexity index is 986. The number of fused-ring (bicyclic) bond motifs is 1. The van der Waals surface area contributed by atoms with Crippen molar-refractivity contribution in [2.75, 3.05) is 32.1 Å². The lowest BCUT2D eigenvalue weighted by atomic mass is 9.89. The van der Waals surface area contributed by atoms with E-state index in [-0.39, 0.29) is 24.5 Å². The van der Waals surface area contributed by atoms with E-state index in [1.165, 1.54) is 12.8 Å². The van der Waals surface area contributed by atoms with E-state index in [2.05, 4.69) is 46.6 Å². The summed E-state index contributed by atoms with van der Waals surface area (Å²) in [6.07, 6.45) is 9.44. The number of nitrogens with zero attached hydrogens (tertiary/aromatic N) is 4. The lowest BCUT2D eigenvalue weighted by molar-refractivity contribution is -0.123. The van der Waals surface area contributed by atoms with Crippen LogP contribution in [0.4, 0.5) is 5.69 Å². The summed E-state index contributed by atoms with van der Waals surface area (Å²) in [7, 11) is 4.30. The van der Waals surface area contributed by atoms with Gasteiger partial charge in [0.15, 0.2) is 6.17 Å². The first-order valence-electron chi connectivity index (χ1n) is 12.1. The van der Waals surface area contributed by atoms with Crippen LogP contribution in [-0.4, -0.2) is 73.4 Å². The average molecular weight is 487 g/mol.